The van der Waals surface area contributed by atoms with E-state index in [9.17, 15) is 4.79 Å². The summed E-state index contributed by atoms with van der Waals surface area (Å²) >= 11 is 1.69. The summed E-state index contributed by atoms with van der Waals surface area (Å²) in [6.45, 7) is 5.16. The molecule has 1 atom stereocenters. The lowest BCUT2D eigenvalue weighted by atomic mass is 10.3. The molecule has 0 aliphatic heterocycles. The van der Waals surface area contributed by atoms with Gasteiger partial charge in [0.2, 0.25) is 0 Å². The van der Waals surface area contributed by atoms with Crippen LogP contribution in [0.15, 0.2) is 24.3 Å². The lowest BCUT2D eigenvalue weighted by Crippen LogP contribution is -2.11. The molecule has 0 bridgehead atoms. The van der Waals surface area contributed by atoms with Crippen molar-refractivity contribution in [2.75, 3.05) is 26.1 Å². The SMILES string of the molecule is CCOc1ccccc1OCCSC(C)CC(=O)OC. The number of carbonyl (C=O) groups is 1. The molecule has 1 aromatic rings. The molecule has 4 nitrogen and oxygen atoms in total. The Morgan fingerprint density at radius 3 is 2.50 bits per heavy atom. The fraction of sp³-hybridized carbons (Fsp3) is 0.533. The first kappa shape index (κ1) is 16.7. The van der Waals surface area contributed by atoms with Crippen LogP contribution in [0.1, 0.15) is 20.3 Å². The fourth-order valence-electron chi connectivity index (χ4n) is 1.62. The summed E-state index contributed by atoms with van der Waals surface area (Å²) in [4.78, 5) is 11.1. The van der Waals surface area contributed by atoms with Gasteiger partial charge in [-0.1, -0.05) is 19.1 Å². The van der Waals surface area contributed by atoms with Gasteiger partial charge in [-0.3, -0.25) is 4.79 Å². The molecule has 0 saturated carbocycles. The van der Waals surface area contributed by atoms with Crippen LogP contribution < -0.4 is 9.47 Å². The fourth-order valence-corrected chi connectivity index (χ4v) is 2.46. The molecule has 20 heavy (non-hydrogen) atoms. The first-order valence-corrected chi connectivity index (χ1v) is 7.75. The molecular weight excluding hydrogens is 276 g/mol. The van der Waals surface area contributed by atoms with E-state index in [0.29, 0.717) is 19.6 Å². The maximum atomic E-state index is 11.1. The van der Waals surface area contributed by atoms with Crippen LogP contribution in [-0.4, -0.2) is 37.3 Å². The number of hydrogen-bond acceptors (Lipinski definition) is 5. The van der Waals surface area contributed by atoms with Crippen LogP contribution in [0, 0.1) is 0 Å². The maximum absolute atomic E-state index is 11.1. The standard InChI is InChI=1S/C15H22O4S/c1-4-18-13-7-5-6-8-14(13)19-9-10-20-12(2)11-15(16)17-3/h5-8,12H,4,9-11H2,1-3H3. The van der Waals surface area contributed by atoms with Crippen molar-refractivity contribution in [3.05, 3.63) is 24.3 Å². The van der Waals surface area contributed by atoms with Crippen molar-refractivity contribution in [2.45, 2.75) is 25.5 Å². The van der Waals surface area contributed by atoms with E-state index in [-0.39, 0.29) is 11.2 Å². The van der Waals surface area contributed by atoms with Crippen LogP contribution in [0.25, 0.3) is 0 Å². The first-order valence-electron chi connectivity index (χ1n) is 6.70. The van der Waals surface area contributed by atoms with Crippen LogP contribution in [0.5, 0.6) is 11.5 Å². The number of carbonyl (C=O) groups excluding carboxylic acids is 1. The van der Waals surface area contributed by atoms with Crippen molar-refractivity contribution in [1.82, 2.24) is 0 Å². The van der Waals surface area contributed by atoms with Crippen molar-refractivity contribution >= 4 is 17.7 Å². The summed E-state index contributed by atoms with van der Waals surface area (Å²) in [6, 6.07) is 7.63. The average molecular weight is 298 g/mol. The van der Waals surface area contributed by atoms with E-state index in [2.05, 4.69) is 4.74 Å². The third kappa shape index (κ3) is 6.19. The van der Waals surface area contributed by atoms with Gasteiger partial charge in [0, 0.05) is 11.0 Å². The Balaban J connectivity index is 2.29. The Kier molecular flexibility index (Phi) is 7.95. The molecule has 0 fully saturated rings. The molecule has 1 unspecified atom stereocenters. The predicted octanol–water partition coefficient (Wildman–Crippen LogP) is 3.15. The van der Waals surface area contributed by atoms with Crippen molar-refractivity contribution in [3.8, 4) is 11.5 Å². The highest BCUT2D eigenvalue weighted by Crippen LogP contribution is 2.26. The largest absolute Gasteiger partial charge is 0.490 e. The number of para-hydroxylation sites is 2. The monoisotopic (exact) mass is 298 g/mol. The zero-order chi connectivity index (χ0) is 14.8. The smallest absolute Gasteiger partial charge is 0.306 e. The number of benzene rings is 1. The van der Waals surface area contributed by atoms with Gasteiger partial charge in [-0.05, 0) is 19.1 Å². The quantitative estimate of drug-likeness (QED) is 0.517. The molecule has 0 aliphatic rings. The molecule has 0 heterocycles. The molecule has 0 radical (unpaired) electrons. The molecule has 0 spiro atoms. The van der Waals surface area contributed by atoms with Crippen molar-refractivity contribution in [2.24, 2.45) is 0 Å². The van der Waals surface area contributed by atoms with Crippen LogP contribution >= 0.6 is 11.8 Å². The van der Waals surface area contributed by atoms with Gasteiger partial charge >= 0.3 is 5.97 Å². The van der Waals surface area contributed by atoms with Crippen LogP contribution in [0.3, 0.4) is 0 Å². The number of rotatable bonds is 9. The summed E-state index contributed by atoms with van der Waals surface area (Å²) < 4.78 is 15.8. The Bertz CT molecular complexity index is 409. The van der Waals surface area contributed by atoms with Gasteiger partial charge in [0.15, 0.2) is 11.5 Å². The van der Waals surface area contributed by atoms with Gasteiger partial charge in [-0.15, -0.1) is 0 Å². The topological polar surface area (TPSA) is 44.8 Å². The first-order chi connectivity index (χ1) is 9.67. The number of ether oxygens (including phenoxy) is 3. The average Bonchev–Trinajstić information content (AvgIpc) is 2.45. The molecule has 0 N–H and O–H groups in total. The normalized spacial score (nSPS) is 11.8. The van der Waals surface area contributed by atoms with Gasteiger partial charge in [0.1, 0.15) is 0 Å². The third-order valence-electron chi connectivity index (χ3n) is 2.57. The summed E-state index contributed by atoms with van der Waals surface area (Å²) in [5.41, 5.74) is 0. The van der Waals surface area contributed by atoms with Crippen LogP contribution in [0.2, 0.25) is 0 Å². The van der Waals surface area contributed by atoms with Crippen molar-refractivity contribution < 1.29 is 19.0 Å². The summed E-state index contributed by atoms with van der Waals surface area (Å²) in [6.07, 6.45) is 0.427. The molecule has 0 amide bonds. The minimum atomic E-state index is -0.174. The van der Waals surface area contributed by atoms with Crippen molar-refractivity contribution in [3.63, 3.8) is 0 Å². The molecule has 1 aromatic carbocycles. The zero-order valence-corrected chi connectivity index (χ0v) is 13.1. The molecule has 0 aromatic heterocycles. The van der Waals surface area contributed by atoms with Gasteiger partial charge in [-0.2, -0.15) is 11.8 Å². The summed E-state index contributed by atoms with van der Waals surface area (Å²) in [5, 5.41) is 0.230. The Morgan fingerprint density at radius 1 is 1.25 bits per heavy atom. The van der Waals surface area contributed by atoms with E-state index >= 15 is 0 Å². The lowest BCUT2D eigenvalue weighted by Gasteiger charge is -2.13. The van der Waals surface area contributed by atoms with E-state index in [1.807, 2.05) is 38.1 Å². The zero-order valence-electron chi connectivity index (χ0n) is 12.3. The highest BCUT2D eigenvalue weighted by atomic mass is 32.2. The van der Waals surface area contributed by atoms with E-state index in [0.717, 1.165) is 17.3 Å². The van der Waals surface area contributed by atoms with Crippen LogP contribution in [-0.2, 0) is 9.53 Å². The molecule has 0 saturated heterocycles. The van der Waals surface area contributed by atoms with E-state index in [1.54, 1.807) is 11.8 Å². The maximum Gasteiger partial charge on any atom is 0.306 e. The third-order valence-corrected chi connectivity index (χ3v) is 3.71. The number of methoxy groups -OCH3 is 1. The minimum Gasteiger partial charge on any atom is -0.490 e. The van der Waals surface area contributed by atoms with Crippen LogP contribution in [0.4, 0.5) is 0 Å². The molecular formula is C15H22O4S. The lowest BCUT2D eigenvalue weighted by molar-refractivity contribution is -0.140. The molecule has 112 valence electrons. The summed E-state index contributed by atoms with van der Waals surface area (Å²) in [7, 11) is 1.41. The Morgan fingerprint density at radius 2 is 1.90 bits per heavy atom. The molecule has 1 rings (SSSR count). The van der Waals surface area contributed by atoms with Gasteiger partial charge in [0.25, 0.3) is 0 Å². The Labute approximate surface area is 124 Å². The second kappa shape index (κ2) is 9.53. The highest BCUT2D eigenvalue weighted by molar-refractivity contribution is 7.99. The van der Waals surface area contributed by atoms with Gasteiger partial charge in [-0.25, -0.2) is 0 Å². The molecule has 0 aliphatic carbocycles. The summed E-state index contributed by atoms with van der Waals surface area (Å²) in [5.74, 6) is 2.17. The van der Waals surface area contributed by atoms with Crippen molar-refractivity contribution in [1.29, 1.82) is 0 Å². The van der Waals surface area contributed by atoms with Gasteiger partial charge < -0.3 is 14.2 Å². The predicted molar refractivity (Wildman–Crippen MR) is 81.7 cm³/mol. The second-order valence-electron chi connectivity index (χ2n) is 4.19. The van der Waals surface area contributed by atoms with Gasteiger partial charge in [0.05, 0.1) is 26.7 Å². The number of thioether (sulfide) groups is 1. The number of hydrogen-bond donors (Lipinski definition) is 0. The van der Waals surface area contributed by atoms with E-state index < -0.39 is 0 Å². The number of esters is 1. The Hall–Kier alpha value is -1.36. The van der Waals surface area contributed by atoms with E-state index in [1.165, 1.54) is 7.11 Å². The molecule has 5 heteroatoms. The minimum absolute atomic E-state index is 0.174. The highest BCUT2D eigenvalue weighted by Gasteiger charge is 2.09. The van der Waals surface area contributed by atoms with E-state index in [4.69, 9.17) is 9.47 Å². The second-order valence-corrected chi connectivity index (χ2v) is 5.74.